The Morgan fingerprint density at radius 3 is 2.43 bits per heavy atom. The molecule has 0 radical (unpaired) electrons. The van der Waals surface area contributed by atoms with Gasteiger partial charge in [0.15, 0.2) is 5.78 Å². The van der Waals surface area contributed by atoms with Gasteiger partial charge in [-0.2, -0.15) is 5.26 Å². The van der Waals surface area contributed by atoms with Crippen LogP contribution in [0.25, 0.3) is 11.1 Å². The lowest BCUT2D eigenvalue weighted by atomic mass is 10.0. The highest BCUT2D eigenvalue weighted by Gasteiger charge is 2.17. The topological polar surface area (TPSA) is 100 Å². The van der Waals surface area contributed by atoms with Crippen LogP contribution in [-0.2, 0) is 11.2 Å². The van der Waals surface area contributed by atoms with Crippen LogP contribution in [0.1, 0.15) is 34.5 Å². The molecule has 0 aliphatic rings. The number of carboxylic acids is 1. The summed E-state index contributed by atoms with van der Waals surface area (Å²) < 4.78 is 1.33. The first-order valence-electron chi connectivity index (χ1n) is 9.07. The first-order valence-corrected chi connectivity index (χ1v) is 9.45. The molecule has 0 bridgehead atoms. The van der Waals surface area contributed by atoms with Crippen LogP contribution < -0.4 is 5.56 Å². The van der Waals surface area contributed by atoms with Crippen molar-refractivity contribution in [3.8, 4) is 17.2 Å². The SMILES string of the molecule is CC(C(=O)Cc1ccc(C(=O)O)cc1)n1ccc(-c2cc(Cl)ccc2C#N)cc1=O. The lowest BCUT2D eigenvalue weighted by Crippen LogP contribution is -2.28. The molecule has 0 aliphatic heterocycles. The van der Waals surface area contributed by atoms with E-state index in [9.17, 15) is 19.6 Å². The molecule has 1 N–H and O–H groups in total. The van der Waals surface area contributed by atoms with Crippen molar-refractivity contribution in [2.24, 2.45) is 0 Å². The van der Waals surface area contributed by atoms with Crippen LogP contribution >= 0.6 is 11.6 Å². The van der Waals surface area contributed by atoms with E-state index in [1.54, 1.807) is 43.3 Å². The van der Waals surface area contributed by atoms with Gasteiger partial charge in [-0.3, -0.25) is 9.59 Å². The maximum Gasteiger partial charge on any atom is 0.335 e. The molecule has 1 unspecified atom stereocenters. The molecule has 0 spiro atoms. The normalized spacial score (nSPS) is 11.5. The average molecular weight is 421 g/mol. The summed E-state index contributed by atoms with van der Waals surface area (Å²) in [5, 5.41) is 18.7. The summed E-state index contributed by atoms with van der Waals surface area (Å²) in [6, 6.07) is 15.3. The molecule has 3 aromatic rings. The number of aromatic carboxylic acids is 1. The zero-order valence-electron chi connectivity index (χ0n) is 16.0. The van der Waals surface area contributed by atoms with E-state index in [0.29, 0.717) is 27.3 Å². The maximum absolute atomic E-state index is 12.6. The van der Waals surface area contributed by atoms with Crippen molar-refractivity contribution in [1.29, 1.82) is 5.26 Å². The fraction of sp³-hybridized carbons (Fsp3) is 0.130. The maximum atomic E-state index is 12.6. The number of aromatic nitrogens is 1. The molecule has 0 saturated carbocycles. The van der Waals surface area contributed by atoms with Crippen molar-refractivity contribution >= 4 is 23.4 Å². The Kier molecular flexibility index (Phi) is 6.14. The van der Waals surface area contributed by atoms with Gasteiger partial charge >= 0.3 is 5.97 Å². The summed E-state index contributed by atoms with van der Waals surface area (Å²) in [4.78, 5) is 36.2. The third kappa shape index (κ3) is 4.48. The number of hydrogen-bond acceptors (Lipinski definition) is 4. The minimum atomic E-state index is -1.04. The van der Waals surface area contributed by atoms with Crippen molar-refractivity contribution in [1.82, 2.24) is 4.57 Å². The highest BCUT2D eigenvalue weighted by atomic mass is 35.5. The second-order valence-corrected chi connectivity index (χ2v) is 7.22. The molecule has 0 aliphatic carbocycles. The number of carbonyl (C=O) groups excluding carboxylic acids is 1. The van der Waals surface area contributed by atoms with Gasteiger partial charge in [-0.05, 0) is 54.4 Å². The van der Waals surface area contributed by atoms with Crippen molar-refractivity contribution < 1.29 is 14.7 Å². The largest absolute Gasteiger partial charge is 0.478 e. The molecule has 2 aromatic carbocycles. The van der Waals surface area contributed by atoms with Crippen LogP contribution in [-0.4, -0.2) is 21.4 Å². The van der Waals surface area contributed by atoms with Gasteiger partial charge in [0.1, 0.15) is 0 Å². The van der Waals surface area contributed by atoms with Crippen LogP contribution in [0.15, 0.2) is 65.6 Å². The molecule has 3 rings (SSSR count). The zero-order chi connectivity index (χ0) is 21.8. The third-order valence-corrected chi connectivity index (χ3v) is 5.06. The van der Waals surface area contributed by atoms with E-state index in [2.05, 4.69) is 6.07 Å². The van der Waals surface area contributed by atoms with Crippen LogP contribution in [0.2, 0.25) is 5.02 Å². The van der Waals surface area contributed by atoms with Crippen LogP contribution in [0.5, 0.6) is 0 Å². The summed E-state index contributed by atoms with van der Waals surface area (Å²) in [6.45, 7) is 1.63. The number of Topliss-reactive ketones (excluding diaryl/α,β-unsaturated/α-hetero) is 1. The number of benzene rings is 2. The van der Waals surface area contributed by atoms with Crippen molar-refractivity contribution in [3.63, 3.8) is 0 Å². The molecule has 0 fully saturated rings. The molecule has 0 saturated heterocycles. The van der Waals surface area contributed by atoms with Gasteiger partial charge in [0.05, 0.1) is 23.2 Å². The zero-order valence-corrected chi connectivity index (χ0v) is 16.8. The predicted molar refractivity (Wildman–Crippen MR) is 113 cm³/mol. The molecule has 1 atom stereocenters. The number of halogens is 1. The van der Waals surface area contributed by atoms with E-state index in [-0.39, 0.29) is 23.3 Å². The minimum absolute atomic E-state index is 0.0716. The number of carboxylic acid groups (broad SMARTS) is 1. The van der Waals surface area contributed by atoms with Crippen molar-refractivity contribution in [2.75, 3.05) is 0 Å². The van der Waals surface area contributed by atoms with Gasteiger partial charge in [-0.15, -0.1) is 0 Å². The van der Waals surface area contributed by atoms with E-state index in [1.165, 1.54) is 29.0 Å². The number of rotatable bonds is 6. The van der Waals surface area contributed by atoms with E-state index < -0.39 is 12.0 Å². The summed E-state index contributed by atoms with van der Waals surface area (Å²) in [7, 11) is 0. The van der Waals surface area contributed by atoms with Gasteiger partial charge in [0.25, 0.3) is 5.56 Å². The summed E-state index contributed by atoms with van der Waals surface area (Å²) in [6.07, 6.45) is 1.60. The van der Waals surface area contributed by atoms with Crippen molar-refractivity contribution in [3.05, 3.63) is 92.9 Å². The monoisotopic (exact) mass is 420 g/mol. The molecular formula is C23H17ClN2O4. The van der Waals surface area contributed by atoms with Gasteiger partial charge < -0.3 is 9.67 Å². The number of ketones is 1. The predicted octanol–water partition coefficient (Wildman–Crippen LogP) is 4.11. The van der Waals surface area contributed by atoms with Gasteiger partial charge in [0, 0.05) is 29.3 Å². The fourth-order valence-corrected chi connectivity index (χ4v) is 3.27. The first-order chi connectivity index (χ1) is 14.3. The molecule has 30 heavy (non-hydrogen) atoms. The highest BCUT2D eigenvalue weighted by molar-refractivity contribution is 6.30. The summed E-state index contributed by atoms with van der Waals surface area (Å²) >= 11 is 6.02. The Bertz CT molecular complexity index is 1220. The van der Waals surface area contributed by atoms with Crippen LogP contribution in [0.3, 0.4) is 0 Å². The third-order valence-electron chi connectivity index (χ3n) is 4.82. The number of pyridine rings is 1. The molecule has 7 heteroatoms. The number of nitrogens with zero attached hydrogens (tertiary/aromatic N) is 2. The van der Waals surface area contributed by atoms with E-state index >= 15 is 0 Å². The van der Waals surface area contributed by atoms with E-state index in [1.807, 2.05) is 0 Å². The first kappa shape index (κ1) is 21.0. The second kappa shape index (κ2) is 8.76. The highest BCUT2D eigenvalue weighted by Crippen LogP contribution is 2.26. The van der Waals surface area contributed by atoms with Gasteiger partial charge in [-0.1, -0.05) is 23.7 Å². The quantitative estimate of drug-likeness (QED) is 0.646. The van der Waals surface area contributed by atoms with Crippen LogP contribution in [0, 0.1) is 11.3 Å². The lowest BCUT2D eigenvalue weighted by molar-refractivity contribution is -0.121. The molecule has 150 valence electrons. The molecular weight excluding hydrogens is 404 g/mol. The Labute approximate surface area is 177 Å². The van der Waals surface area contributed by atoms with E-state index in [4.69, 9.17) is 16.7 Å². The Morgan fingerprint density at radius 2 is 1.83 bits per heavy atom. The van der Waals surface area contributed by atoms with Gasteiger partial charge in [-0.25, -0.2) is 4.79 Å². The lowest BCUT2D eigenvalue weighted by Gasteiger charge is -2.15. The van der Waals surface area contributed by atoms with Crippen LogP contribution in [0.4, 0.5) is 0 Å². The molecule has 0 amide bonds. The average Bonchev–Trinajstić information content (AvgIpc) is 2.73. The standard InChI is InChI=1S/C23H17ClN2O4/c1-14(21(27)10-15-2-4-16(5-3-15)23(29)30)26-9-8-17(11-22(26)28)20-12-19(24)7-6-18(20)13-25/h2-9,11-12,14H,10H2,1H3,(H,29,30). The van der Waals surface area contributed by atoms with Gasteiger partial charge in [0.2, 0.25) is 0 Å². The smallest absolute Gasteiger partial charge is 0.335 e. The molecule has 1 heterocycles. The Hall–Kier alpha value is -3.69. The summed E-state index contributed by atoms with van der Waals surface area (Å²) in [5.74, 6) is -1.22. The number of hydrogen-bond donors (Lipinski definition) is 1. The van der Waals surface area contributed by atoms with E-state index in [0.717, 1.165) is 0 Å². The minimum Gasteiger partial charge on any atom is -0.478 e. The second-order valence-electron chi connectivity index (χ2n) is 6.78. The number of nitriles is 1. The number of carbonyl (C=O) groups is 2. The summed E-state index contributed by atoms with van der Waals surface area (Å²) in [5.41, 5.74) is 1.91. The Morgan fingerprint density at radius 1 is 1.13 bits per heavy atom. The Balaban J connectivity index is 1.83. The molecule has 1 aromatic heterocycles. The van der Waals surface area contributed by atoms with Crippen molar-refractivity contribution in [2.45, 2.75) is 19.4 Å². The molecule has 6 nitrogen and oxygen atoms in total. The fourth-order valence-electron chi connectivity index (χ4n) is 3.10.